The van der Waals surface area contributed by atoms with Gasteiger partial charge in [0.25, 0.3) is 5.91 Å². The van der Waals surface area contributed by atoms with E-state index in [2.05, 4.69) is 0 Å². The second-order valence-corrected chi connectivity index (χ2v) is 3.55. The summed E-state index contributed by atoms with van der Waals surface area (Å²) in [6.07, 6.45) is 0. The minimum absolute atomic E-state index is 0.106. The lowest BCUT2D eigenvalue weighted by molar-refractivity contribution is 0.0801. The van der Waals surface area contributed by atoms with Crippen LogP contribution in [0.2, 0.25) is 0 Å². The van der Waals surface area contributed by atoms with Crippen molar-refractivity contribution < 1.29 is 19.4 Å². The molecule has 17 heavy (non-hydrogen) atoms. The van der Waals surface area contributed by atoms with Crippen LogP contribution in [-0.4, -0.2) is 43.7 Å². The molecule has 5 heteroatoms. The van der Waals surface area contributed by atoms with Crippen LogP contribution in [0.5, 0.6) is 17.2 Å². The lowest BCUT2D eigenvalue weighted by Gasteiger charge is -2.16. The number of aromatic hydroxyl groups is 1. The number of ether oxygens (including phenoxy) is 2. The monoisotopic (exact) mass is 239 g/mol. The van der Waals surface area contributed by atoms with Crippen molar-refractivity contribution in [3.05, 3.63) is 17.7 Å². The zero-order chi connectivity index (χ0) is 13.0. The maximum atomic E-state index is 12.0. The van der Waals surface area contributed by atoms with Gasteiger partial charge in [0.2, 0.25) is 5.75 Å². The van der Waals surface area contributed by atoms with E-state index in [4.69, 9.17) is 9.47 Å². The van der Waals surface area contributed by atoms with E-state index < -0.39 is 0 Å². The lowest BCUT2D eigenvalue weighted by Crippen LogP contribution is -2.26. The van der Waals surface area contributed by atoms with Gasteiger partial charge in [-0.1, -0.05) is 0 Å². The van der Waals surface area contributed by atoms with Gasteiger partial charge < -0.3 is 19.5 Å². The fraction of sp³-hybridized carbons (Fsp3) is 0.417. The van der Waals surface area contributed by atoms with Gasteiger partial charge in [0.05, 0.1) is 14.2 Å². The number of hydrogen-bond acceptors (Lipinski definition) is 4. The van der Waals surface area contributed by atoms with Crippen molar-refractivity contribution in [2.24, 2.45) is 0 Å². The number of carbonyl (C=O) groups is 1. The van der Waals surface area contributed by atoms with Gasteiger partial charge in [-0.25, -0.2) is 0 Å². The summed E-state index contributed by atoms with van der Waals surface area (Å²) in [5, 5.41) is 9.72. The molecule has 0 spiro atoms. The number of rotatable bonds is 4. The Morgan fingerprint density at radius 3 is 2.12 bits per heavy atom. The zero-order valence-corrected chi connectivity index (χ0v) is 10.5. The van der Waals surface area contributed by atoms with E-state index in [0.717, 1.165) is 0 Å². The van der Waals surface area contributed by atoms with Crippen LogP contribution in [0.15, 0.2) is 12.1 Å². The first kappa shape index (κ1) is 13.2. The average molecular weight is 239 g/mol. The Labute approximate surface area is 101 Å². The van der Waals surface area contributed by atoms with Crippen LogP contribution < -0.4 is 9.47 Å². The van der Waals surface area contributed by atoms with E-state index in [9.17, 15) is 9.90 Å². The van der Waals surface area contributed by atoms with E-state index in [1.54, 1.807) is 11.9 Å². The number of phenolic OH excluding ortho intramolecular Hbond substituents is 1. The molecular formula is C12H17NO4. The van der Waals surface area contributed by atoms with Crippen molar-refractivity contribution in [2.45, 2.75) is 6.92 Å². The molecule has 0 fully saturated rings. The molecule has 0 aromatic heterocycles. The van der Waals surface area contributed by atoms with Crippen molar-refractivity contribution >= 4 is 5.91 Å². The molecule has 1 rings (SSSR count). The summed E-state index contributed by atoms with van der Waals surface area (Å²) in [4.78, 5) is 13.5. The quantitative estimate of drug-likeness (QED) is 0.865. The van der Waals surface area contributed by atoms with Crippen LogP contribution in [0.3, 0.4) is 0 Å². The molecule has 0 saturated heterocycles. The molecule has 0 aliphatic carbocycles. The Kier molecular flexibility index (Phi) is 4.20. The molecule has 1 N–H and O–H groups in total. The molecule has 5 nitrogen and oxygen atoms in total. The highest BCUT2D eigenvalue weighted by molar-refractivity contribution is 5.95. The van der Waals surface area contributed by atoms with Crippen LogP contribution in [0.1, 0.15) is 17.3 Å². The number of methoxy groups -OCH3 is 2. The Bertz CT molecular complexity index is 392. The predicted molar refractivity (Wildman–Crippen MR) is 63.8 cm³/mol. The molecule has 0 unspecified atom stereocenters. The summed E-state index contributed by atoms with van der Waals surface area (Å²) in [6, 6.07) is 2.98. The number of hydrogen-bond donors (Lipinski definition) is 1. The molecule has 0 aliphatic heterocycles. The molecule has 0 heterocycles. The third kappa shape index (κ3) is 2.61. The molecule has 0 bridgehead atoms. The van der Waals surface area contributed by atoms with Crippen molar-refractivity contribution in [1.29, 1.82) is 0 Å². The SMILES string of the molecule is CCN(C)C(=O)c1cc(OC)c(O)c(OC)c1. The fourth-order valence-corrected chi connectivity index (χ4v) is 1.38. The molecule has 1 aromatic carbocycles. The minimum Gasteiger partial charge on any atom is -0.502 e. The molecule has 0 radical (unpaired) electrons. The van der Waals surface area contributed by atoms with E-state index in [1.807, 2.05) is 6.92 Å². The van der Waals surface area contributed by atoms with Gasteiger partial charge in [0.15, 0.2) is 11.5 Å². The topological polar surface area (TPSA) is 59.0 Å². The Balaban J connectivity index is 3.22. The van der Waals surface area contributed by atoms with Crippen LogP contribution in [0, 0.1) is 0 Å². The minimum atomic E-state index is -0.149. The normalized spacial score (nSPS) is 9.88. The highest BCUT2D eigenvalue weighted by Crippen LogP contribution is 2.37. The summed E-state index contributed by atoms with van der Waals surface area (Å²) >= 11 is 0. The van der Waals surface area contributed by atoms with E-state index in [-0.39, 0.29) is 23.2 Å². The zero-order valence-electron chi connectivity index (χ0n) is 10.5. The third-order valence-electron chi connectivity index (χ3n) is 2.55. The highest BCUT2D eigenvalue weighted by atomic mass is 16.5. The van der Waals surface area contributed by atoms with Crippen molar-refractivity contribution in [1.82, 2.24) is 4.90 Å². The maximum Gasteiger partial charge on any atom is 0.253 e. The third-order valence-corrected chi connectivity index (χ3v) is 2.55. The summed E-state index contributed by atoms with van der Waals surface area (Å²) < 4.78 is 9.98. The van der Waals surface area contributed by atoms with Gasteiger partial charge >= 0.3 is 0 Å². The van der Waals surface area contributed by atoms with Gasteiger partial charge in [-0.3, -0.25) is 4.79 Å². The van der Waals surface area contributed by atoms with Gasteiger partial charge in [-0.2, -0.15) is 0 Å². The summed E-state index contributed by atoms with van der Waals surface area (Å²) in [5.74, 6) is 0.184. The Morgan fingerprint density at radius 2 is 1.76 bits per heavy atom. The van der Waals surface area contributed by atoms with Crippen molar-refractivity contribution in [2.75, 3.05) is 27.8 Å². The van der Waals surface area contributed by atoms with Crippen LogP contribution in [0.4, 0.5) is 0 Å². The fourth-order valence-electron chi connectivity index (χ4n) is 1.38. The summed E-state index contributed by atoms with van der Waals surface area (Å²) in [6.45, 7) is 2.48. The van der Waals surface area contributed by atoms with E-state index in [1.165, 1.54) is 26.4 Å². The summed E-state index contributed by atoms with van der Waals surface area (Å²) in [7, 11) is 4.55. The molecule has 94 valence electrons. The van der Waals surface area contributed by atoms with Gasteiger partial charge in [-0.15, -0.1) is 0 Å². The van der Waals surface area contributed by atoms with Crippen molar-refractivity contribution in [3.8, 4) is 17.2 Å². The molecule has 0 atom stereocenters. The highest BCUT2D eigenvalue weighted by Gasteiger charge is 2.17. The van der Waals surface area contributed by atoms with Crippen LogP contribution in [0.25, 0.3) is 0 Å². The molecule has 1 amide bonds. The smallest absolute Gasteiger partial charge is 0.253 e. The van der Waals surface area contributed by atoms with E-state index in [0.29, 0.717) is 12.1 Å². The first-order valence-corrected chi connectivity index (χ1v) is 5.25. The number of benzene rings is 1. The molecule has 1 aromatic rings. The largest absolute Gasteiger partial charge is 0.502 e. The predicted octanol–water partition coefficient (Wildman–Crippen LogP) is 1.50. The standard InChI is InChI=1S/C12H17NO4/c1-5-13(2)12(15)8-6-9(16-3)11(14)10(7-8)17-4/h6-7,14H,5H2,1-4H3. The van der Waals surface area contributed by atoms with Gasteiger partial charge in [0.1, 0.15) is 0 Å². The number of nitrogens with zero attached hydrogens (tertiary/aromatic N) is 1. The first-order valence-electron chi connectivity index (χ1n) is 5.25. The van der Waals surface area contributed by atoms with Crippen molar-refractivity contribution in [3.63, 3.8) is 0 Å². The van der Waals surface area contributed by atoms with Crippen LogP contribution >= 0.6 is 0 Å². The second kappa shape index (κ2) is 5.43. The second-order valence-electron chi connectivity index (χ2n) is 3.55. The lowest BCUT2D eigenvalue weighted by atomic mass is 10.1. The molecular weight excluding hydrogens is 222 g/mol. The van der Waals surface area contributed by atoms with Gasteiger partial charge in [-0.05, 0) is 19.1 Å². The maximum absolute atomic E-state index is 12.0. The summed E-state index contributed by atoms with van der Waals surface area (Å²) in [5.41, 5.74) is 0.417. The van der Waals surface area contributed by atoms with E-state index >= 15 is 0 Å². The number of amides is 1. The first-order chi connectivity index (χ1) is 8.04. The number of phenols is 1. The molecule has 0 saturated carbocycles. The van der Waals surface area contributed by atoms with Gasteiger partial charge in [0, 0.05) is 19.2 Å². The Hall–Kier alpha value is -1.91. The Morgan fingerprint density at radius 1 is 1.29 bits per heavy atom. The number of carbonyl (C=O) groups excluding carboxylic acids is 1. The average Bonchev–Trinajstić information content (AvgIpc) is 2.37. The van der Waals surface area contributed by atoms with Crippen LogP contribution in [-0.2, 0) is 0 Å². The molecule has 0 aliphatic rings.